The lowest BCUT2D eigenvalue weighted by Crippen LogP contribution is -2.34. The van der Waals surface area contributed by atoms with E-state index in [0.29, 0.717) is 13.2 Å². The molecule has 0 rings (SSSR count). The van der Waals surface area contributed by atoms with E-state index in [9.17, 15) is 13.2 Å². The van der Waals surface area contributed by atoms with E-state index < -0.39 is 10.0 Å². The molecule has 0 radical (unpaired) electrons. The number of ether oxygens (including phenoxy) is 1. The molecule has 0 saturated carbocycles. The lowest BCUT2D eigenvalue weighted by molar-refractivity contribution is -0.120. The van der Waals surface area contributed by atoms with Crippen molar-refractivity contribution in [2.75, 3.05) is 46.2 Å². The Morgan fingerprint density at radius 2 is 2.06 bits per heavy atom. The van der Waals surface area contributed by atoms with Gasteiger partial charge in [-0.2, -0.15) is 0 Å². The summed E-state index contributed by atoms with van der Waals surface area (Å²) in [4.78, 5) is 11.0. The summed E-state index contributed by atoms with van der Waals surface area (Å²) in [5, 5.41) is 2.43. The quantitative estimate of drug-likeness (QED) is 0.488. The van der Waals surface area contributed by atoms with Crippen molar-refractivity contribution in [3.63, 3.8) is 0 Å². The van der Waals surface area contributed by atoms with Crippen molar-refractivity contribution in [1.29, 1.82) is 0 Å². The van der Waals surface area contributed by atoms with Crippen LogP contribution < -0.4 is 11.1 Å². The summed E-state index contributed by atoms with van der Waals surface area (Å²) in [5.41, 5.74) is 5.21. The third-order valence-corrected chi connectivity index (χ3v) is 3.97. The minimum atomic E-state index is -3.36. The number of nitrogens with one attached hydrogen (secondary N) is 1. The number of rotatable bonds is 9. The first-order chi connectivity index (χ1) is 7.94. The molecule has 0 aliphatic carbocycles. The van der Waals surface area contributed by atoms with Gasteiger partial charge in [0.25, 0.3) is 0 Å². The Morgan fingerprint density at radius 3 is 2.59 bits per heavy atom. The molecule has 17 heavy (non-hydrogen) atoms. The van der Waals surface area contributed by atoms with Gasteiger partial charge >= 0.3 is 0 Å². The first kappa shape index (κ1) is 16.3. The number of hydrogen-bond acceptors (Lipinski definition) is 5. The van der Waals surface area contributed by atoms with Gasteiger partial charge in [0.15, 0.2) is 0 Å². The third-order valence-electron chi connectivity index (χ3n) is 2.16. The molecule has 0 unspecified atom stereocenters. The van der Waals surface area contributed by atoms with Gasteiger partial charge in [0.1, 0.15) is 0 Å². The van der Waals surface area contributed by atoms with Crippen LogP contribution in [0, 0.1) is 0 Å². The van der Waals surface area contributed by atoms with Crippen LogP contribution in [0.3, 0.4) is 0 Å². The van der Waals surface area contributed by atoms with Crippen molar-refractivity contribution < 1.29 is 17.9 Å². The van der Waals surface area contributed by atoms with E-state index in [1.54, 1.807) is 0 Å². The Labute approximate surface area is 102 Å². The monoisotopic (exact) mass is 267 g/mol. The summed E-state index contributed by atoms with van der Waals surface area (Å²) >= 11 is 0. The van der Waals surface area contributed by atoms with E-state index in [0.717, 1.165) is 4.31 Å². The maximum atomic E-state index is 11.7. The van der Waals surface area contributed by atoms with E-state index in [2.05, 4.69) is 5.32 Å². The van der Waals surface area contributed by atoms with E-state index in [1.807, 2.05) is 0 Å². The van der Waals surface area contributed by atoms with E-state index in [4.69, 9.17) is 10.5 Å². The third kappa shape index (κ3) is 7.27. The smallest absolute Gasteiger partial charge is 0.221 e. The van der Waals surface area contributed by atoms with Crippen LogP contribution in [0.25, 0.3) is 0 Å². The van der Waals surface area contributed by atoms with Gasteiger partial charge in [-0.15, -0.1) is 0 Å². The van der Waals surface area contributed by atoms with Crippen LogP contribution in [0.2, 0.25) is 0 Å². The van der Waals surface area contributed by atoms with Crippen LogP contribution in [0.1, 0.15) is 6.42 Å². The lowest BCUT2D eigenvalue weighted by Gasteiger charge is -2.16. The number of carbonyl (C=O) groups is 1. The SMILES string of the molecule is CNC(=O)CCN(C)S(=O)(=O)CCOCCN. The topological polar surface area (TPSA) is 102 Å². The highest BCUT2D eigenvalue weighted by atomic mass is 32.2. The molecule has 0 heterocycles. The van der Waals surface area contributed by atoms with Gasteiger partial charge in [-0.1, -0.05) is 0 Å². The highest BCUT2D eigenvalue weighted by molar-refractivity contribution is 7.89. The van der Waals surface area contributed by atoms with Crippen LogP contribution >= 0.6 is 0 Å². The van der Waals surface area contributed by atoms with Gasteiger partial charge in [-0.05, 0) is 0 Å². The van der Waals surface area contributed by atoms with E-state index in [-0.39, 0.29) is 31.2 Å². The average molecular weight is 267 g/mol. The molecule has 0 fully saturated rings. The molecule has 0 atom stereocenters. The van der Waals surface area contributed by atoms with Crippen molar-refractivity contribution in [2.24, 2.45) is 5.73 Å². The molecule has 0 aliphatic rings. The predicted octanol–water partition coefficient (Wildman–Crippen LogP) is -1.64. The molecule has 102 valence electrons. The highest BCUT2D eigenvalue weighted by Gasteiger charge is 2.17. The summed E-state index contributed by atoms with van der Waals surface area (Å²) in [7, 11) is -0.400. The number of amides is 1. The minimum absolute atomic E-state index is 0.1000. The number of nitrogens with zero attached hydrogens (tertiary/aromatic N) is 1. The molecule has 0 aromatic heterocycles. The van der Waals surface area contributed by atoms with Crippen molar-refractivity contribution in [3.8, 4) is 0 Å². The minimum Gasteiger partial charge on any atom is -0.379 e. The lowest BCUT2D eigenvalue weighted by atomic mass is 10.4. The zero-order valence-corrected chi connectivity index (χ0v) is 11.1. The maximum absolute atomic E-state index is 11.7. The van der Waals surface area contributed by atoms with Crippen molar-refractivity contribution in [3.05, 3.63) is 0 Å². The molecule has 8 heteroatoms. The maximum Gasteiger partial charge on any atom is 0.221 e. The number of carbonyl (C=O) groups excluding carboxylic acids is 1. The second-order valence-electron chi connectivity index (χ2n) is 3.46. The molecule has 0 saturated heterocycles. The molecule has 0 spiro atoms. The van der Waals surface area contributed by atoms with Crippen LogP contribution in [-0.2, 0) is 19.6 Å². The van der Waals surface area contributed by atoms with Gasteiger partial charge in [0, 0.05) is 33.6 Å². The van der Waals surface area contributed by atoms with E-state index >= 15 is 0 Å². The summed E-state index contributed by atoms with van der Waals surface area (Å²) in [6.07, 6.45) is 0.149. The number of nitrogens with two attached hydrogens (primary N) is 1. The summed E-state index contributed by atoms with van der Waals surface area (Å²) < 4.78 is 29.5. The highest BCUT2D eigenvalue weighted by Crippen LogP contribution is 1.99. The van der Waals surface area contributed by atoms with Crippen molar-refractivity contribution >= 4 is 15.9 Å². The van der Waals surface area contributed by atoms with Crippen molar-refractivity contribution in [1.82, 2.24) is 9.62 Å². The Balaban J connectivity index is 3.99. The van der Waals surface area contributed by atoms with Gasteiger partial charge in [0.05, 0.1) is 19.0 Å². The van der Waals surface area contributed by atoms with Gasteiger partial charge < -0.3 is 15.8 Å². The second kappa shape index (κ2) is 8.40. The molecule has 0 aliphatic heterocycles. The van der Waals surface area contributed by atoms with Crippen LogP contribution in [0.5, 0.6) is 0 Å². The van der Waals surface area contributed by atoms with Crippen LogP contribution in [0.4, 0.5) is 0 Å². The molecule has 0 bridgehead atoms. The second-order valence-corrected chi connectivity index (χ2v) is 5.66. The standard InChI is InChI=1S/C9H21N3O4S/c1-11-9(13)3-5-12(2)17(14,15)8-7-16-6-4-10/h3-8,10H2,1-2H3,(H,11,13). The van der Waals surface area contributed by atoms with Gasteiger partial charge in [-0.25, -0.2) is 12.7 Å². The molecule has 1 amide bonds. The average Bonchev–Trinajstić information content (AvgIpc) is 2.31. The normalized spacial score (nSPS) is 11.8. The molecule has 7 nitrogen and oxygen atoms in total. The fraction of sp³-hybridized carbons (Fsp3) is 0.889. The zero-order valence-electron chi connectivity index (χ0n) is 10.3. The fourth-order valence-electron chi connectivity index (χ4n) is 1.03. The first-order valence-electron chi connectivity index (χ1n) is 5.36. The number of sulfonamides is 1. The van der Waals surface area contributed by atoms with Gasteiger partial charge in [-0.3, -0.25) is 4.79 Å². The van der Waals surface area contributed by atoms with E-state index in [1.165, 1.54) is 14.1 Å². The van der Waals surface area contributed by atoms with Gasteiger partial charge in [0.2, 0.25) is 15.9 Å². The molecular formula is C9H21N3O4S. The Morgan fingerprint density at radius 1 is 1.41 bits per heavy atom. The summed E-state index contributed by atoms with van der Waals surface area (Å²) in [6, 6.07) is 0. The molecule has 3 N–H and O–H groups in total. The summed E-state index contributed by atoms with van der Waals surface area (Å²) in [6.45, 7) is 0.993. The first-order valence-corrected chi connectivity index (χ1v) is 6.97. The zero-order chi connectivity index (χ0) is 13.3. The number of hydrogen-bond donors (Lipinski definition) is 2. The Hall–Kier alpha value is -0.700. The predicted molar refractivity (Wildman–Crippen MR) is 65.0 cm³/mol. The molecule has 0 aromatic carbocycles. The molecule has 0 aromatic rings. The Kier molecular flexibility index (Phi) is 8.05. The summed E-state index contributed by atoms with van der Waals surface area (Å²) in [5.74, 6) is -0.288. The van der Waals surface area contributed by atoms with Crippen molar-refractivity contribution in [2.45, 2.75) is 6.42 Å². The fourth-order valence-corrected chi connectivity index (χ4v) is 2.04. The largest absolute Gasteiger partial charge is 0.379 e. The van der Waals surface area contributed by atoms with Crippen LogP contribution in [-0.4, -0.2) is 64.8 Å². The molecular weight excluding hydrogens is 246 g/mol. The van der Waals surface area contributed by atoms with Crippen LogP contribution in [0.15, 0.2) is 0 Å². The Bertz CT molecular complexity index is 318.